The Morgan fingerprint density at radius 1 is 0.424 bits per heavy atom. The van der Waals surface area contributed by atoms with Crippen LogP contribution in [-0.2, 0) is 82.4 Å². The van der Waals surface area contributed by atoms with Crippen molar-refractivity contribution in [3.05, 3.63) is 202 Å². The molecule has 0 unspecified atom stereocenters. The second-order valence-corrected chi connectivity index (χ2v) is 25.5. The van der Waals surface area contributed by atoms with Crippen molar-refractivity contribution in [2.75, 3.05) is 0 Å². The van der Waals surface area contributed by atoms with Crippen LogP contribution in [0.5, 0.6) is 0 Å². The minimum atomic E-state index is -1.30. The fourth-order valence-corrected chi connectivity index (χ4v) is 13.2. The molecule has 0 fully saturated rings. The Morgan fingerprint density at radius 2 is 0.685 bits per heavy atom. The number of primary amides is 2. The summed E-state index contributed by atoms with van der Waals surface area (Å²) in [6.07, 6.45) is 1.53. The second kappa shape index (κ2) is 30.9. The number of hydrogen-bond donors (Lipinski definition) is 4. The van der Waals surface area contributed by atoms with E-state index in [1.165, 1.54) is 20.6 Å². The molecule has 0 atom stereocenters. The van der Waals surface area contributed by atoms with E-state index in [1.54, 1.807) is 55.4 Å². The lowest BCUT2D eigenvalue weighted by Gasteiger charge is -2.20. The van der Waals surface area contributed by atoms with Crippen molar-refractivity contribution >= 4 is 100 Å². The number of thiophene rings is 3. The molecular formula is C65H78N8O16S3. The number of carbonyl (C=O) groups is 6. The van der Waals surface area contributed by atoms with Crippen molar-refractivity contribution in [3.8, 4) is 0 Å². The van der Waals surface area contributed by atoms with Crippen LogP contribution >= 0.6 is 34.0 Å². The van der Waals surface area contributed by atoms with E-state index < -0.39 is 100 Å². The number of carboxylic acids is 2. The van der Waals surface area contributed by atoms with Crippen molar-refractivity contribution in [2.45, 2.75) is 154 Å². The summed E-state index contributed by atoms with van der Waals surface area (Å²) in [6.45, 7) is 13.8. The molecule has 6 aromatic heterocycles. The molecule has 0 aliphatic rings. The standard InChI is InChI=1S/C22H25N3O5S.C22H24N2O6S.C18H17N3O5S.3CH4/c1-13-16-19(28)25(12-15(26)30-22(2,3)4)21(29)24(20(16)31-17(13)18(23)27)11-10-14-8-6-5-7-9-14;1-13-16-18(26)24(12-15(25)30-22(2,3)4)21(29)23(19(16)31-17(13)20(27)28)11-10-14-8-6-5-7-9-14;1-10-13-16(25)21(9-12(22)23)18(26)20(17(13)27-14(10)15(19)24)8-7-11-5-3-2-4-6-11;;;/h5-9H,10-12H2,1-4H3,(H2,23,27);5-9H,10-12H2,1-4H3,(H,27,28);2-6H,7-9H2,1H3,(H2,19,24)(H,22,23);3*1H4. The van der Waals surface area contributed by atoms with Gasteiger partial charge in [-0.1, -0.05) is 113 Å². The van der Waals surface area contributed by atoms with Gasteiger partial charge in [0.05, 0.1) is 25.9 Å². The Bertz CT molecular complexity index is 4410. The molecule has 6 heterocycles. The van der Waals surface area contributed by atoms with Crippen LogP contribution in [-0.4, -0.2) is 84.5 Å². The third-order valence-corrected chi connectivity index (χ3v) is 17.6. The molecule has 27 heteroatoms. The number of hydrogen-bond acceptors (Lipinski definition) is 17. The average molecular weight is 1320 g/mol. The number of carbonyl (C=O) groups excluding carboxylic acids is 4. The van der Waals surface area contributed by atoms with Gasteiger partial charge in [-0.15, -0.1) is 34.0 Å². The van der Waals surface area contributed by atoms with Gasteiger partial charge in [0.1, 0.15) is 50.2 Å². The summed E-state index contributed by atoms with van der Waals surface area (Å²) in [7, 11) is 0. The number of aliphatic carboxylic acids is 1. The Labute approximate surface area is 540 Å². The van der Waals surface area contributed by atoms with Crippen molar-refractivity contribution in [1.82, 2.24) is 27.4 Å². The van der Waals surface area contributed by atoms with Gasteiger partial charge in [-0.2, -0.15) is 0 Å². The third kappa shape index (κ3) is 17.3. The van der Waals surface area contributed by atoms with E-state index in [-0.39, 0.29) is 78.3 Å². The molecule has 6 N–H and O–H groups in total. The summed E-state index contributed by atoms with van der Waals surface area (Å²) in [5.41, 5.74) is 9.28. The number of benzene rings is 3. The summed E-state index contributed by atoms with van der Waals surface area (Å²) in [4.78, 5) is 151. The van der Waals surface area contributed by atoms with Gasteiger partial charge in [0.2, 0.25) is 0 Å². The van der Waals surface area contributed by atoms with E-state index >= 15 is 0 Å². The normalized spacial score (nSPS) is 11.1. The van der Waals surface area contributed by atoms with E-state index in [0.29, 0.717) is 49.4 Å². The lowest BCUT2D eigenvalue weighted by Crippen LogP contribution is -2.42. The molecule has 0 saturated carbocycles. The highest BCUT2D eigenvalue weighted by Gasteiger charge is 2.28. The molecule has 0 spiro atoms. The first-order chi connectivity index (χ1) is 41.8. The second-order valence-electron chi connectivity index (χ2n) is 22.5. The highest BCUT2D eigenvalue weighted by Crippen LogP contribution is 2.30. The van der Waals surface area contributed by atoms with E-state index in [4.69, 9.17) is 26.0 Å². The van der Waals surface area contributed by atoms with Crippen LogP contribution in [0.2, 0.25) is 0 Å². The van der Waals surface area contributed by atoms with Gasteiger partial charge < -0.3 is 31.2 Å². The number of nitrogens with two attached hydrogens (primary N) is 2. The molecule has 0 aliphatic carbocycles. The van der Waals surface area contributed by atoms with Crippen LogP contribution < -0.4 is 45.2 Å². The van der Waals surface area contributed by atoms with Crippen LogP contribution in [0.3, 0.4) is 0 Å². The van der Waals surface area contributed by atoms with Crippen molar-refractivity contribution in [2.24, 2.45) is 11.5 Å². The lowest BCUT2D eigenvalue weighted by molar-refractivity contribution is -0.156. The number of esters is 2. The molecule has 0 bridgehead atoms. The summed E-state index contributed by atoms with van der Waals surface area (Å²) in [6, 6.07) is 28.5. The minimum absolute atomic E-state index is 0. The van der Waals surface area contributed by atoms with Gasteiger partial charge in [0.15, 0.2) is 0 Å². The van der Waals surface area contributed by atoms with Crippen molar-refractivity contribution in [1.29, 1.82) is 0 Å². The maximum Gasteiger partial charge on any atom is 0.346 e. The number of aryl methyl sites for hydroxylation is 9. The molecule has 3 aromatic carbocycles. The largest absolute Gasteiger partial charge is 0.480 e. The Balaban J connectivity index is 0.000000290. The number of aromatic carboxylic acids is 1. The van der Waals surface area contributed by atoms with E-state index in [2.05, 4.69) is 0 Å². The molecule has 9 aromatic rings. The highest BCUT2D eigenvalue weighted by atomic mass is 32.1. The average Bonchev–Trinajstić information content (AvgIpc) is 1.58. The van der Waals surface area contributed by atoms with Gasteiger partial charge in [-0.25, -0.2) is 32.9 Å². The maximum absolute atomic E-state index is 13.2. The molecule has 0 saturated heterocycles. The zero-order chi connectivity index (χ0) is 65.6. The van der Waals surface area contributed by atoms with Crippen LogP contribution in [0, 0.1) is 20.8 Å². The Hall–Kier alpha value is -9.60. The summed E-state index contributed by atoms with van der Waals surface area (Å²) in [5.74, 6) is -5.24. The number of rotatable bonds is 18. The first-order valence-corrected chi connectivity index (χ1v) is 30.1. The molecule has 492 valence electrons. The highest BCUT2D eigenvalue weighted by molar-refractivity contribution is 7.21. The molecule has 9 rings (SSSR count). The van der Waals surface area contributed by atoms with Crippen LogP contribution in [0.4, 0.5) is 0 Å². The molecule has 0 radical (unpaired) electrons. The smallest absolute Gasteiger partial charge is 0.346 e. The first-order valence-electron chi connectivity index (χ1n) is 27.7. The molecular weight excluding hydrogens is 1240 g/mol. The molecule has 24 nitrogen and oxygen atoms in total. The zero-order valence-corrected chi connectivity index (χ0v) is 52.6. The predicted molar refractivity (Wildman–Crippen MR) is 359 cm³/mol. The van der Waals surface area contributed by atoms with E-state index in [1.807, 2.05) is 91.0 Å². The first kappa shape index (κ1) is 74.9. The van der Waals surface area contributed by atoms with Gasteiger partial charge >= 0.3 is 40.9 Å². The number of aromatic nitrogens is 6. The number of fused-ring (bicyclic) bond motifs is 3. The van der Waals surface area contributed by atoms with Crippen LogP contribution in [0.25, 0.3) is 30.6 Å². The Kier molecular flexibility index (Phi) is 25.2. The van der Waals surface area contributed by atoms with Gasteiger partial charge in [-0.05, 0) is 115 Å². The van der Waals surface area contributed by atoms with Gasteiger partial charge in [-0.3, -0.25) is 52.1 Å². The van der Waals surface area contributed by atoms with E-state index in [0.717, 1.165) is 59.8 Å². The van der Waals surface area contributed by atoms with Crippen molar-refractivity contribution in [3.63, 3.8) is 0 Å². The summed E-state index contributed by atoms with van der Waals surface area (Å²) in [5, 5.41) is 19.1. The predicted octanol–water partition coefficient (Wildman–Crippen LogP) is 7.90. The van der Waals surface area contributed by atoms with Crippen LogP contribution in [0.1, 0.15) is 126 Å². The monoisotopic (exact) mass is 1320 g/mol. The third-order valence-electron chi connectivity index (χ3n) is 13.6. The fourth-order valence-electron chi connectivity index (χ4n) is 9.67. The molecule has 2 amide bonds. The van der Waals surface area contributed by atoms with Gasteiger partial charge in [0, 0.05) is 19.6 Å². The number of ether oxygens (including phenoxy) is 2. The SMILES string of the molecule is C.C.C.Cc1c(C(=O)O)sc2c1c(=O)n(CC(=O)OC(C)(C)C)c(=O)n2CCc1ccccc1.Cc1c(C(N)=O)sc2c1c(=O)n(CC(=O)O)c(=O)n2CCc1ccccc1.Cc1c(C(N)=O)sc2c1c(=O)n(CC(=O)OC(C)(C)C)c(=O)n2CCc1ccccc1. The zero-order valence-electron chi connectivity index (χ0n) is 50.2. The minimum Gasteiger partial charge on any atom is -0.480 e. The Morgan fingerprint density at radius 3 is 0.935 bits per heavy atom. The fraction of sp³-hybridized carbons (Fsp3) is 0.354. The van der Waals surface area contributed by atoms with Crippen molar-refractivity contribution < 1.29 is 48.5 Å². The molecule has 92 heavy (non-hydrogen) atoms. The summed E-state index contributed by atoms with van der Waals surface area (Å²) >= 11 is 2.89. The van der Waals surface area contributed by atoms with Crippen LogP contribution in [0.15, 0.2) is 120 Å². The van der Waals surface area contributed by atoms with E-state index in [9.17, 15) is 62.6 Å². The summed E-state index contributed by atoms with van der Waals surface area (Å²) < 4.78 is 17.1. The number of amides is 2. The quantitative estimate of drug-likeness (QED) is 0.0593. The van der Waals surface area contributed by atoms with Gasteiger partial charge in [0.25, 0.3) is 28.5 Å². The number of nitrogens with zero attached hydrogens (tertiary/aromatic N) is 6. The molecule has 0 aliphatic heterocycles. The number of carboxylic acid groups (broad SMARTS) is 2. The lowest BCUT2D eigenvalue weighted by atomic mass is 10.1. The topological polar surface area (TPSA) is 345 Å². The maximum atomic E-state index is 13.2.